The summed E-state index contributed by atoms with van der Waals surface area (Å²) in [5.74, 6) is -1.01. The number of rotatable bonds is 8. The van der Waals surface area contributed by atoms with Gasteiger partial charge in [-0.25, -0.2) is 4.79 Å². The van der Waals surface area contributed by atoms with Gasteiger partial charge in [-0.1, -0.05) is 19.1 Å². The lowest BCUT2D eigenvalue weighted by Crippen LogP contribution is -2.29. The van der Waals surface area contributed by atoms with Gasteiger partial charge in [-0.3, -0.25) is 9.59 Å². The smallest absolute Gasteiger partial charge is 0.338 e. The molecular formula is C22H23NO7. The van der Waals surface area contributed by atoms with Gasteiger partial charge < -0.3 is 23.8 Å². The topological polar surface area (TPSA) is 91.4 Å². The van der Waals surface area contributed by atoms with Gasteiger partial charge in [0.15, 0.2) is 11.5 Å². The normalized spacial score (nSPS) is 12.6. The van der Waals surface area contributed by atoms with Crippen molar-refractivity contribution in [2.45, 2.75) is 19.9 Å². The number of hydrogen-bond donors (Lipinski definition) is 0. The first-order valence-corrected chi connectivity index (χ1v) is 9.42. The maximum Gasteiger partial charge on any atom is 0.338 e. The predicted molar refractivity (Wildman–Crippen MR) is 109 cm³/mol. The molecule has 0 saturated carbocycles. The Balaban J connectivity index is 1.93. The number of anilines is 1. The summed E-state index contributed by atoms with van der Waals surface area (Å²) in [6.07, 6.45) is 0.742. The van der Waals surface area contributed by atoms with Crippen LogP contribution in [0.15, 0.2) is 30.3 Å². The summed E-state index contributed by atoms with van der Waals surface area (Å²) in [6.45, 7) is 2.41. The van der Waals surface area contributed by atoms with Crippen LogP contribution in [0.25, 0.3) is 0 Å². The zero-order valence-electron chi connectivity index (χ0n) is 17.3. The molecule has 0 unspecified atom stereocenters. The van der Waals surface area contributed by atoms with Crippen LogP contribution in [0.2, 0.25) is 0 Å². The van der Waals surface area contributed by atoms with E-state index in [0.29, 0.717) is 23.6 Å². The second kappa shape index (κ2) is 8.86. The minimum atomic E-state index is -0.678. The number of ketones is 1. The number of fused-ring (bicyclic) bond motifs is 1. The lowest BCUT2D eigenvalue weighted by Gasteiger charge is -2.19. The highest BCUT2D eigenvalue weighted by Crippen LogP contribution is 2.48. The fraction of sp³-hybridized carbons (Fsp3) is 0.318. The molecule has 0 radical (unpaired) electrons. The van der Waals surface area contributed by atoms with Crippen molar-refractivity contribution in [2.24, 2.45) is 0 Å². The molecule has 0 saturated heterocycles. The van der Waals surface area contributed by atoms with Crippen LogP contribution in [-0.2, 0) is 16.1 Å². The fourth-order valence-corrected chi connectivity index (χ4v) is 3.28. The maximum absolute atomic E-state index is 12.7. The summed E-state index contributed by atoms with van der Waals surface area (Å²) in [4.78, 5) is 38.7. The largest absolute Gasteiger partial charge is 0.493 e. The van der Waals surface area contributed by atoms with Crippen LogP contribution >= 0.6 is 0 Å². The van der Waals surface area contributed by atoms with Crippen LogP contribution in [0.5, 0.6) is 17.2 Å². The molecule has 0 bridgehead atoms. The molecule has 2 aromatic rings. The molecule has 1 heterocycles. The van der Waals surface area contributed by atoms with Crippen molar-refractivity contribution in [3.8, 4) is 17.2 Å². The number of benzene rings is 2. The summed E-state index contributed by atoms with van der Waals surface area (Å²) in [5, 5.41) is 0. The molecule has 0 aliphatic carbocycles. The number of esters is 1. The van der Waals surface area contributed by atoms with E-state index in [1.807, 2.05) is 6.92 Å². The lowest BCUT2D eigenvalue weighted by atomic mass is 10.1. The van der Waals surface area contributed by atoms with Gasteiger partial charge >= 0.3 is 5.97 Å². The van der Waals surface area contributed by atoms with Crippen molar-refractivity contribution in [3.63, 3.8) is 0 Å². The first-order valence-electron chi connectivity index (χ1n) is 9.42. The van der Waals surface area contributed by atoms with E-state index < -0.39 is 17.7 Å². The standard InChI is InChI=1S/C22H23NO7/c1-5-10-30-22(26)14-8-6-13(7-9-14)12-23-15-11-16(27-2)19(28-3)20(29-4)17(15)18(24)21(23)25/h6-9,11H,5,10,12H2,1-4H3. The number of ether oxygens (including phenoxy) is 4. The van der Waals surface area contributed by atoms with Gasteiger partial charge in [0.25, 0.3) is 11.7 Å². The Morgan fingerprint density at radius 1 is 0.967 bits per heavy atom. The summed E-state index contributed by atoms with van der Waals surface area (Å²) >= 11 is 0. The Morgan fingerprint density at radius 2 is 1.63 bits per heavy atom. The number of methoxy groups -OCH3 is 3. The SMILES string of the molecule is CCCOC(=O)c1ccc(CN2C(=O)C(=O)c3c2cc(OC)c(OC)c3OC)cc1. The molecule has 0 spiro atoms. The number of carbonyl (C=O) groups excluding carboxylic acids is 3. The van der Waals surface area contributed by atoms with E-state index in [1.54, 1.807) is 30.3 Å². The summed E-state index contributed by atoms with van der Waals surface area (Å²) < 4.78 is 21.1. The van der Waals surface area contributed by atoms with Gasteiger partial charge in [0, 0.05) is 6.07 Å². The number of carbonyl (C=O) groups is 3. The van der Waals surface area contributed by atoms with Gasteiger partial charge in [0.2, 0.25) is 5.75 Å². The second-order valence-corrected chi connectivity index (χ2v) is 6.59. The highest BCUT2D eigenvalue weighted by atomic mass is 16.5. The molecule has 0 N–H and O–H groups in total. The van der Waals surface area contributed by atoms with Crippen LogP contribution in [0.1, 0.15) is 39.6 Å². The molecule has 30 heavy (non-hydrogen) atoms. The molecule has 8 nitrogen and oxygen atoms in total. The summed E-state index contributed by atoms with van der Waals surface area (Å²) in [5.41, 5.74) is 1.68. The van der Waals surface area contributed by atoms with Crippen molar-refractivity contribution >= 4 is 23.3 Å². The van der Waals surface area contributed by atoms with E-state index in [2.05, 4.69) is 0 Å². The molecule has 1 amide bonds. The average Bonchev–Trinajstić information content (AvgIpc) is 3.00. The monoisotopic (exact) mass is 413 g/mol. The molecule has 3 rings (SSSR count). The Hall–Kier alpha value is -3.55. The lowest BCUT2D eigenvalue weighted by molar-refractivity contribution is -0.114. The maximum atomic E-state index is 12.7. The molecule has 0 atom stereocenters. The van der Waals surface area contributed by atoms with Gasteiger partial charge in [0.05, 0.1) is 51.3 Å². The Morgan fingerprint density at radius 3 is 2.20 bits per heavy atom. The number of nitrogens with zero attached hydrogens (tertiary/aromatic N) is 1. The molecule has 0 aromatic heterocycles. The molecule has 8 heteroatoms. The van der Waals surface area contributed by atoms with Gasteiger partial charge in [0.1, 0.15) is 0 Å². The molecular weight excluding hydrogens is 390 g/mol. The van der Waals surface area contributed by atoms with E-state index in [-0.39, 0.29) is 23.6 Å². The molecule has 1 aliphatic rings. The Bertz CT molecular complexity index is 982. The van der Waals surface area contributed by atoms with E-state index in [9.17, 15) is 14.4 Å². The highest BCUT2D eigenvalue weighted by molar-refractivity contribution is 6.53. The third-order valence-corrected chi connectivity index (χ3v) is 4.73. The van der Waals surface area contributed by atoms with Gasteiger partial charge in [-0.05, 0) is 24.1 Å². The Kier molecular flexibility index (Phi) is 6.25. The zero-order chi connectivity index (χ0) is 21.8. The van der Waals surface area contributed by atoms with Crippen molar-refractivity contribution in [1.29, 1.82) is 0 Å². The van der Waals surface area contributed by atoms with Crippen molar-refractivity contribution < 1.29 is 33.3 Å². The molecule has 2 aromatic carbocycles. The van der Waals surface area contributed by atoms with Crippen molar-refractivity contribution in [3.05, 3.63) is 47.0 Å². The quantitative estimate of drug-likeness (QED) is 0.485. The molecule has 1 aliphatic heterocycles. The van der Waals surface area contributed by atoms with E-state index in [1.165, 1.54) is 26.2 Å². The number of Topliss-reactive ketones (excluding diaryl/α,β-unsaturated/α-hetero) is 1. The highest BCUT2D eigenvalue weighted by Gasteiger charge is 2.41. The van der Waals surface area contributed by atoms with Crippen LogP contribution in [0, 0.1) is 0 Å². The van der Waals surface area contributed by atoms with Crippen LogP contribution in [0.4, 0.5) is 5.69 Å². The minimum absolute atomic E-state index is 0.139. The van der Waals surface area contributed by atoms with E-state index >= 15 is 0 Å². The van der Waals surface area contributed by atoms with Crippen LogP contribution in [0.3, 0.4) is 0 Å². The Labute approximate surface area is 174 Å². The fourth-order valence-electron chi connectivity index (χ4n) is 3.28. The average molecular weight is 413 g/mol. The van der Waals surface area contributed by atoms with E-state index in [4.69, 9.17) is 18.9 Å². The van der Waals surface area contributed by atoms with Gasteiger partial charge in [-0.2, -0.15) is 0 Å². The van der Waals surface area contributed by atoms with E-state index in [0.717, 1.165) is 12.0 Å². The summed E-state index contributed by atoms with van der Waals surface area (Å²) in [6, 6.07) is 8.28. The molecule has 0 fully saturated rings. The second-order valence-electron chi connectivity index (χ2n) is 6.59. The van der Waals surface area contributed by atoms with Gasteiger partial charge in [-0.15, -0.1) is 0 Å². The first-order chi connectivity index (χ1) is 14.5. The van der Waals surface area contributed by atoms with Crippen LogP contribution in [-0.4, -0.2) is 45.6 Å². The van der Waals surface area contributed by atoms with Crippen molar-refractivity contribution in [2.75, 3.05) is 32.8 Å². The van der Waals surface area contributed by atoms with Crippen LogP contribution < -0.4 is 19.1 Å². The zero-order valence-corrected chi connectivity index (χ0v) is 17.3. The first kappa shape index (κ1) is 21.2. The molecule has 158 valence electrons. The third-order valence-electron chi connectivity index (χ3n) is 4.73. The minimum Gasteiger partial charge on any atom is -0.493 e. The predicted octanol–water partition coefficient (Wildman–Crippen LogP) is 3.01. The number of amides is 1. The number of hydrogen-bond acceptors (Lipinski definition) is 7. The van der Waals surface area contributed by atoms with Crippen molar-refractivity contribution in [1.82, 2.24) is 0 Å². The third kappa shape index (κ3) is 3.68. The summed E-state index contributed by atoms with van der Waals surface area (Å²) in [7, 11) is 4.29.